The van der Waals surface area contributed by atoms with Gasteiger partial charge < -0.3 is 20.7 Å². The van der Waals surface area contributed by atoms with Crippen LogP contribution in [0.2, 0.25) is 0 Å². The van der Waals surface area contributed by atoms with Crippen molar-refractivity contribution < 1.29 is 17.9 Å². The van der Waals surface area contributed by atoms with Crippen molar-refractivity contribution in [2.24, 2.45) is 10.7 Å². The number of nitrogens with zero attached hydrogens (tertiary/aromatic N) is 3. The van der Waals surface area contributed by atoms with Crippen LogP contribution in [0.3, 0.4) is 0 Å². The summed E-state index contributed by atoms with van der Waals surface area (Å²) in [6.45, 7) is 6.14. The summed E-state index contributed by atoms with van der Waals surface area (Å²) in [5.74, 6) is 0.0135. The molecule has 0 spiro atoms. The summed E-state index contributed by atoms with van der Waals surface area (Å²) in [4.78, 5) is 9.02. The maximum absolute atomic E-state index is 12.2. The van der Waals surface area contributed by atoms with Crippen LogP contribution in [-0.2, 0) is 19.6 Å². The second-order valence-corrected chi connectivity index (χ2v) is 7.64. The smallest absolute Gasteiger partial charge is 0.406 e. The molecule has 3 rings (SSSR count). The van der Waals surface area contributed by atoms with Gasteiger partial charge in [0.15, 0.2) is 5.96 Å². The average Bonchev–Trinajstić information content (AvgIpc) is 2.73. The van der Waals surface area contributed by atoms with E-state index >= 15 is 0 Å². The molecule has 0 saturated carbocycles. The highest BCUT2D eigenvalue weighted by Crippen LogP contribution is 2.22. The highest BCUT2D eigenvalue weighted by molar-refractivity contribution is 5.77. The Labute approximate surface area is 180 Å². The standard InChI is InChI=1S/C22H28F3N5O/c1-29-10-12-30(13-11-29)16-19-4-2-17(3-5-19)14-27-21(26)28-15-18-6-8-20(9-7-18)31-22(23,24)25/h2-9H,10-16H2,1H3,(H3,26,27,28). The van der Waals surface area contributed by atoms with E-state index in [2.05, 4.69) is 56.2 Å². The Morgan fingerprint density at radius 2 is 1.55 bits per heavy atom. The Balaban J connectivity index is 1.42. The molecule has 0 aliphatic carbocycles. The number of likely N-dealkylation sites (N-methyl/N-ethyl adjacent to an activating group) is 1. The van der Waals surface area contributed by atoms with E-state index in [0.29, 0.717) is 6.54 Å². The molecule has 31 heavy (non-hydrogen) atoms. The van der Waals surface area contributed by atoms with Gasteiger partial charge in [-0.15, -0.1) is 13.2 Å². The number of piperazine rings is 1. The van der Waals surface area contributed by atoms with Gasteiger partial charge in [0.05, 0.1) is 6.54 Å². The van der Waals surface area contributed by atoms with Crippen LogP contribution in [-0.4, -0.2) is 55.3 Å². The van der Waals surface area contributed by atoms with Gasteiger partial charge in [0.2, 0.25) is 0 Å². The van der Waals surface area contributed by atoms with Crippen LogP contribution in [0, 0.1) is 0 Å². The van der Waals surface area contributed by atoms with Gasteiger partial charge in [0.25, 0.3) is 0 Å². The fourth-order valence-electron chi connectivity index (χ4n) is 3.25. The molecular formula is C22H28F3N5O. The summed E-state index contributed by atoms with van der Waals surface area (Å²) in [6.07, 6.45) is -4.70. The molecule has 0 amide bonds. The van der Waals surface area contributed by atoms with Gasteiger partial charge in [-0.2, -0.15) is 0 Å². The van der Waals surface area contributed by atoms with Crippen LogP contribution >= 0.6 is 0 Å². The van der Waals surface area contributed by atoms with Gasteiger partial charge in [0.1, 0.15) is 5.75 Å². The van der Waals surface area contributed by atoms with E-state index in [4.69, 9.17) is 5.73 Å². The van der Waals surface area contributed by atoms with Crippen molar-refractivity contribution in [2.75, 3.05) is 33.2 Å². The first kappa shape index (κ1) is 22.9. The Bertz CT molecular complexity index is 845. The summed E-state index contributed by atoms with van der Waals surface area (Å²) < 4.78 is 40.4. The highest BCUT2D eigenvalue weighted by Gasteiger charge is 2.30. The van der Waals surface area contributed by atoms with Crippen molar-refractivity contribution >= 4 is 5.96 Å². The SMILES string of the molecule is CN1CCN(Cc2ccc(CNC(N)=NCc3ccc(OC(F)(F)F)cc3)cc2)CC1. The fourth-order valence-corrected chi connectivity index (χ4v) is 3.25. The number of guanidine groups is 1. The molecule has 1 aliphatic rings. The number of halogens is 3. The summed E-state index contributed by atoms with van der Waals surface area (Å²) in [5, 5.41) is 3.06. The first-order valence-electron chi connectivity index (χ1n) is 10.1. The highest BCUT2D eigenvalue weighted by atomic mass is 19.4. The van der Waals surface area contributed by atoms with Crippen LogP contribution in [0.15, 0.2) is 53.5 Å². The van der Waals surface area contributed by atoms with Crippen LogP contribution in [0.1, 0.15) is 16.7 Å². The van der Waals surface area contributed by atoms with Gasteiger partial charge in [-0.25, -0.2) is 4.99 Å². The van der Waals surface area contributed by atoms with Gasteiger partial charge in [-0.3, -0.25) is 4.90 Å². The van der Waals surface area contributed by atoms with E-state index in [-0.39, 0.29) is 18.3 Å². The lowest BCUT2D eigenvalue weighted by molar-refractivity contribution is -0.274. The molecule has 2 aromatic rings. The maximum Gasteiger partial charge on any atom is 0.573 e. The van der Waals surface area contributed by atoms with Gasteiger partial charge in [-0.05, 0) is 35.9 Å². The molecule has 0 radical (unpaired) electrons. The lowest BCUT2D eigenvalue weighted by atomic mass is 10.1. The molecule has 0 atom stereocenters. The molecule has 2 aromatic carbocycles. The Morgan fingerprint density at radius 1 is 0.968 bits per heavy atom. The van der Waals surface area contributed by atoms with E-state index in [1.165, 1.54) is 29.8 Å². The van der Waals surface area contributed by atoms with E-state index in [9.17, 15) is 13.2 Å². The first-order chi connectivity index (χ1) is 14.8. The lowest BCUT2D eigenvalue weighted by Crippen LogP contribution is -2.43. The van der Waals surface area contributed by atoms with Gasteiger partial charge >= 0.3 is 6.36 Å². The molecule has 168 valence electrons. The monoisotopic (exact) mass is 435 g/mol. The Hall–Kier alpha value is -2.78. The summed E-state index contributed by atoms with van der Waals surface area (Å²) in [6, 6.07) is 14.0. The van der Waals surface area contributed by atoms with E-state index < -0.39 is 6.36 Å². The predicted molar refractivity (Wildman–Crippen MR) is 115 cm³/mol. The Morgan fingerprint density at radius 3 is 2.16 bits per heavy atom. The molecule has 1 heterocycles. The van der Waals surface area contributed by atoms with Crippen LogP contribution in [0.5, 0.6) is 5.75 Å². The number of ether oxygens (including phenoxy) is 1. The molecule has 9 heteroatoms. The molecule has 1 fully saturated rings. The first-order valence-corrected chi connectivity index (χ1v) is 10.1. The van der Waals surface area contributed by atoms with Crippen LogP contribution in [0.4, 0.5) is 13.2 Å². The Kier molecular flexibility index (Phi) is 7.75. The maximum atomic E-state index is 12.2. The zero-order chi connectivity index (χ0) is 22.3. The van der Waals surface area contributed by atoms with Crippen molar-refractivity contribution in [3.63, 3.8) is 0 Å². The van der Waals surface area contributed by atoms with Crippen molar-refractivity contribution in [2.45, 2.75) is 26.0 Å². The minimum Gasteiger partial charge on any atom is -0.406 e. The molecule has 1 aliphatic heterocycles. The summed E-state index contributed by atoms with van der Waals surface area (Å²) in [5.41, 5.74) is 9.01. The molecule has 0 bridgehead atoms. The van der Waals surface area contributed by atoms with Crippen molar-refractivity contribution in [1.29, 1.82) is 0 Å². The second-order valence-electron chi connectivity index (χ2n) is 7.64. The second kappa shape index (κ2) is 10.5. The van der Waals surface area contributed by atoms with E-state index in [1.807, 2.05) is 0 Å². The number of aliphatic imine (C=N–C) groups is 1. The lowest BCUT2D eigenvalue weighted by Gasteiger charge is -2.32. The molecule has 3 N–H and O–H groups in total. The zero-order valence-electron chi connectivity index (χ0n) is 17.5. The van der Waals surface area contributed by atoms with Gasteiger partial charge in [-0.1, -0.05) is 36.4 Å². The number of nitrogens with one attached hydrogen (secondary N) is 1. The van der Waals surface area contributed by atoms with E-state index in [0.717, 1.165) is 43.9 Å². The van der Waals surface area contributed by atoms with Crippen LogP contribution < -0.4 is 15.8 Å². The fraction of sp³-hybridized carbons (Fsp3) is 0.409. The predicted octanol–water partition coefficient (Wildman–Crippen LogP) is 2.94. The quantitative estimate of drug-likeness (QED) is 0.517. The number of benzene rings is 2. The third-order valence-electron chi connectivity index (χ3n) is 5.09. The summed E-state index contributed by atoms with van der Waals surface area (Å²) >= 11 is 0. The van der Waals surface area contributed by atoms with Crippen molar-refractivity contribution in [3.05, 3.63) is 65.2 Å². The zero-order valence-corrected chi connectivity index (χ0v) is 17.5. The third-order valence-corrected chi connectivity index (χ3v) is 5.09. The minimum absolute atomic E-state index is 0.259. The molecule has 0 unspecified atom stereocenters. The molecular weight excluding hydrogens is 407 g/mol. The molecule has 6 nitrogen and oxygen atoms in total. The van der Waals surface area contributed by atoms with E-state index in [1.54, 1.807) is 0 Å². The number of alkyl halides is 3. The minimum atomic E-state index is -4.70. The average molecular weight is 435 g/mol. The van der Waals surface area contributed by atoms with Crippen molar-refractivity contribution in [3.8, 4) is 5.75 Å². The third kappa shape index (κ3) is 8.10. The topological polar surface area (TPSA) is 66.1 Å². The molecule has 0 aromatic heterocycles. The molecule has 1 saturated heterocycles. The largest absolute Gasteiger partial charge is 0.573 e. The normalized spacial score (nSPS) is 16.3. The summed E-state index contributed by atoms with van der Waals surface area (Å²) in [7, 11) is 2.15. The number of nitrogens with two attached hydrogens (primary N) is 1. The number of hydrogen-bond acceptors (Lipinski definition) is 4. The number of hydrogen-bond donors (Lipinski definition) is 2. The van der Waals surface area contributed by atoms with Gasteiger partial charge in [0, 0.05) is 39.3 Å². The van der Waals surface area contributed by atoms with Crippen LogP contribution in [0.25, 0.3) is 0 Å². The van der Waals surface area contributed by atoms with Crippen molar-refractivity contribution in [1.82, 2.24) is 15.1 Å². The number of rotatable bonds is 7.